The molecule has 4 heteroatoms. The van der Waals surface area contributed by atoms with Crippen LogP contribution in [-0.4, -0.2) is 54.0 Å². The van der Waals surface area contributed by atoms with Gasteiger partial charge in [0.25, 0.3) is 0 Å². The molecule has 0 aromatic heterocycles. The maximum absolute atomic E-state index is 12.3. The molecule has 2 fully saturated rings. The fraction of sp³-hybridized carbons (Fsp3) is 0.923. The van der Waals surface area contributed by atoms with Gasteiger partial charge in [0.15, 0.2) is 0 Å². The van der Waals surface area contributed by atoms with E-state index in [-0.39, 0.29) is 5.91 Å². The van der Waals surface area contributed by atoms with Crippen LogP contribution in [0.4, 0.5) is 0 Å². The van der Waals surface area contributed by atoms with Gasteiger partial charge >= 0.3 is 0 Å². The van der Waals surface area contributed by atoms with Gasteiger partial charge in [-0.2, -0.15) is 0 Å². The van der Waals surface area contributed by atoms with Gasteiger partial charge in [-0.05, 0) is 38.6 Å². The molecular formula is C13H25N3O. The zero-order valence-corrected chi connectivity index (χ0v) is 11.1. The second-order valence-corrected chi connectivity index (χ2v) is 5.69. The smallest absolute Gasteiger partial charge is 0.242 e. The van der Waals surface area contributed by atoms with Gasteiger partial charge in [0.1, 0.15) is 0 Å². The van der Waals surface area contributed by atoms with Gasteiger partial charge < -0.3 is 10.6 Å². The Morgan fingerprint density at radius 1 is 1.29 bits per heavy atom. The molecule has 1 aliphatic carbocycles. The first-order valence-electron chi connectivity index (χ1n) is 6.86. The fourth-order valence-corrected chi connectivity index (χ4v) is 2.69. The predicted octanol–water partition coefficient (Wildman–Crippen LogP) is 0.668. The molecule has 1 saturated carbocycles. The van der Waals surface area contributed by atoms with Gasteiger partial charge in [-0.25, -0.2) is 0 Å². The van der Waals surface area contributed by atoms with E-state index in [0.29, 0.717) is 5.92 Å². The third-order valence-corrected chi connectivity index (χ3v) is 4.09. The summed E-state index contributed by atoms with van der Waals surface area (Å²) in [5.74, 6) is 0.583. The molecule has 0 aromatic carbocycles. The van der Waals surface area contributed by atoms with Crippen LogP contribution in [0.2, 0.25) is 0 Å². The summed E-state index contributed by atoms with van der Waals surface area (Å²) >= 11 is 0. The van der Waals surface area contributed by atoms with Crippen LogP contribution in [0.15, 0.2) is 0 Å². The van der Waals surface area contributed by atoms with Gasteiger partial charge in [-0.1, -0.05) is 6.92 Å². The maximum Gasteiger partial charge on any atom is 0.242 e. The molecule has 98 valence electrons. The number of nitrogens with zero attached hydrogens (tertiary/aromatic N) is 2. The molecule has 1 heterocycles. The van der Waals surface area contributed by atoms with Crippen molar-refractivity contribution in [2.45, 2.75) is 38.6 Å². The molecule has 2 rings (SSSR count). The Hall–Kier alpha value is -0.610. The number of hydrogen-bond donors (Lipinski definition) is 1. The van der Waals surface area contributed by atoms with Gasteiger partial charge in [0.05, 0.1) is 5.54 Å². The lowest BCUT2D eigenvalue weighted by atomic mass is 9.95. The molecule has 2 N–H and O–H groups in total. The Balaban J connectivity index is 1.85. The zero-order valence-electron chi connectivity index (χ0n) is 11.1. The molecule has 0 bridgehead atoms. The Labute approximate surface area is 104 Å². The summed E-state index contributed by atoms with van der Waals surface area (Å²) in [6.45, 7) is 8.94. The fourth-order valence-electron chi connectivity index (χ4n) is 2.69. The summed E-state index contributed by atoms with van der Waals surface area (Å²) in [5, 5.41) is 0. The third-order valence-electron chi connectivity index (χ3n) is 4.09. The molecule has 1 unspecified atom stereocenters. The largest absolute Gasteiger partial charge is 0.339 e. The number of amides is 1. The molecule has 17 heavy (non-hydrogen) atoms. The third kappa shape index (κ3) is 2.80. The SMILES string of the molecule is CCCN1CCN(C(=O)C(C)(N)C2CC2)CC1. The van der Waals surface area contributed by atoms with E-state index in [1.165, 1.54) is 6.42 Å². The normalized spacial score (nSPS) is 25.7. The van der Waals surface area contributed by atoms with Crippen molar-refractivity contribution in [3.8, 4) is 0 Å². The Morgan fingerprint density at radius 3 is 2.35 bits per heavy atom. The second-order valence-electron chi connectivity index (χ2n) is 5.69. The molecular weight excluding hydrogens is 214 g/mol. The number of hydrogen-bond acceptors (Lipinski definition) is 3. The monoisotopic (exact) mass is 239 g/mol. The Bertz CT molecular complexity index is 278. The van der Waals surface area contributed by atoms with Gasteiger partial charge in [0.2, 0.25) is 5.91 Å². The Morgan fingerprint density at radius 2 is 1.88 bits per heavy atom. The molecule has 1 amide bonds. The van der Waals surface area contributed by atoms with Gasteiger partial charge in [-0.15, -0.1) is 0 Å². The van der Waals surface area contributed by atoms with Crippen molar-refractivity contribution in [3.63, 3.8) is 0 Å². The molecule has 0 spiro atoms. The summed E-state index contributed by atoms with van der Waals surface area (Å²) in [4.78, 5) is 16.7. The summed E-state index contributed by atoms with van der Waals surface area (Å²) in [7, 11) is 0. The van der Waals surface area contributed by atoms with E-state index >= 15 is 0 Å². The van der Waals surface area contributed by atoms with Crippen LogP contribution in [0.5, 0.6) is 0 Å². The topological polar surface area (TPSA) is 49.6 Å². The molecule has 0 radical (unpaired) electrons. The lowest BCUT2D eigenvalue weighted by Gasteiger charge is -2.38. The van der Waals surface area contributed by atoms with Gasteiger partial charge in [-0.3, -0.25) is 9.69 Å². The summed E-state index contributed by atoms with van der Waals surface area (Å²) in [6, 6.07) is 0. The molecule has 0 aromatic rings. The van der Waals surface area contributed by atoms with E-state index in [0.717, 1.165) is 45.6 Å². The van der Waals surface area contributed by atoms with Crippen molar-refractivity contribution in [1.29, 1.82) is 0 Å². The number of piperazine rings is 1. The standard InChI is InChI=1S/C13H25N3O/c1-3-6-15-7-9-16(10-8-15)12(17)13(2,14)11-4-5-11/h11H,3-10,14H2,1-2H3. The molecule has 1 aliphatic heterocycles. The highest BCUT2D eigenvalue weighted by molar-refractivity contribution is 5.86. The minimum absolute atomic E-state index is 0.163. The van der Waals surface area contributed by atoms with Crippen molar-refractivity contribution >= 4 is 5.91 Å². The quantitative estimate of drug-likeness (QED) is 0.784. The summed E-state index contributed by atoms with van der Waals surface area (Å²) < 4.78 is 0. The van der Waals surface area contributed by atoms with E-state index < -0.39 is 5.54 Å². The van der Waals surface area contributed by atoms with Crippen molar-refractivity contribution in [3.05, 3.63) is 0 Å². The number of carbonyl (C=O) groups is 1. The first-order chi connectivity index (χ1) is 8.05. The van der Waals surface area contributed by atoms with Crippen LogP contribution in [-0.2, 0) is 4.79 Å². The zero-order chi connectivity index (χ0) is 12.5. The van der Waals surface area contributed by atoms with Crippen LogP contribution in [0.3, 0.4) is 0 Å². The van der Waals surface area contributed by atoms with Crippen LogP contribution in [0.25, 0.3) is 0 Å². The average Bonchev–Trinajstić information content (AvgIpc) is 3.13. The lowest BCUT2D eigenvalue weighted by Crippen LogP contribution is -2.59. The maximum atomic E-state index is 12.3. The van der Waals surface area contributed by atoms with Gasteiger partial charge in [0, 0.05) is 26.2 Å². The van der Waals surface area contributed by atoms with E-state index in [1.54, 1.807) is 0 Å². The first kappa shape index (κ1) is 12.8. The van der Waals surface area contributed by atoms with Crippen LogP contribution in [0, 0.1) is 5.92 Å². The molecule has 1 atom stereocenters. The summed E-state index contributed by atoms with van der Waals surface area (Å²) in [6.07, 6.45) is 3.42. The Kier molecular flexibility index (Phi) is 3.73. The van der Waals surface area contributed by atoms with E-state index in [9.17, 15) is 4.79 Å². The van der Waals surface area contributed by atoms with Crippen molar-refractivity contribution in [1.82, 2.24) is 9.80 Å². The van der Waals surface area contributed by atoms with Crippen molar-refractivity contribution < 1.29 is 4.79 Å². The number of carbonyl (C=O) groups excluding carboxylic acids is 1. The van der Waals surface area contributed by atoms with Crippen LogP contribution < -0.4 is 5.73 Å². The highest BCUT2D eigenvalue weighted by Crippen LogP contribution is 2.39. The van der Waals surface area contributed by atoms with E-state index in [1.807, 2.05) is 11.8 Å². The minimum Gasteiger partial charge on any atom is -0.339 e. The van der Waals surface area contributed by atoms with E-state index in [4.69, 9.17) is 5.73 Å². The van der Waals surface area contributed by atoms with Crippen molar-refractivity contribution in [2.75, 3.05) is 32.7 Å². The second kappa shape index (κ2) is 4.94. The highest BCUT2D eigenvalue weighted by Gasteiger charge is 2.46. The summed E-state index contributed by atoms with van der Waals surface area (Å²) in [5.41, 5.74) is 5.57. The molecule has 1 saturated heterocycles. The molecule has 4 nitrogen and oxygen atoms in total. The first-order valence-corrected chi connectivity index (χ1v) is 6.86. The number of nitrogens with two attached hydrogens (primary N) is 1. The minimum atomic E-state index is -0.618. The van der Waals surface area contributed by atoms with Crippen LogP contribution in [0.1, 0.15) is 33.1 Å². The predicted molar refractivity (Wildman–Crippen MR) is 68.6 cm³/mol. The highest BCUT2D eigenvalue weighted by atomic mass is 16.2. The van der Waals surface area contributed by atoms with Crippen molar-refractivity contribution in [2.24, 2.45) is 11.7 Å². The molecule has 2 aliphatic rings. The average molecular weight is 239 g/mol. The number of rotatable bonds is 4. The van der Waals surface area contributed by atoms with E-state index in [2.05, 4.69) is 11.8 Å². The lowest BCUT2D eigenvalue weighted by molar-refractivity contribution is -0.139. The van der Waals surface area contributed by atoms with Crippen LogP contribution >= 0.6 is 0 Å².